The van der Waals surface area contributed by atoms with Gasteiger partial charge in [0.25, 0.3) is 5.91 Å². The third kappa shape index (κ3) is 3.68. The molecule has 1 N–H and O–H groups in total. The van der Waals surface area contributed by atoms with Gasteiger partial charge in [0.15, 0.2) is 0 Å². The Morgan fingerprint density at radius 2 is 2.13 bits per heavy atom. The molecular weight excluding hydrogens is 290 g/mol. The molecule has 5 nitrogen and oxygen atoms in total. The number of rotatable bonds is 5. The van der Waals surface area contributed by atoms with Crippen LogP contribution in [0.5, 0.6) is 0 Å². The van der Waals surface area contributed by atoms with E-state index >= 15 is 0 Å². The quantitative estimate of drug-likeness (QED) is 0.858. The standard InChI is InChI=1S/C18H21N3O2/c1-23-9-7-20-18(22)16-10-17(12-19-11-16)21-8-6-14-4-2-3-5-15(14)13-21/h2-5,10-12H,6-9,13H2,1H3,(H,20,22). The Labute approximate surface area is 136 Å². The number of aromatic nitrogens is 1. The molecule has 0 fully saturated rings. The van der Waals surface area contributed by atoms with Crippen molar-refractivity contribution in [2.75, 3.05) is 31.7 Å². The number of methoxy groups -OCH3 is 1. The molecule has 3 rings (SSSR count). The molecule has 1 amide bonds. The number of carbonyl (C=O) groups excluding carboxylic acids is 1. The fourth-order valence-electron chi connectivity index (χ4n) is 2.81. The van der Waals surface area contributed by atoms with Gasteiger partial charge in [0.2, 0.25) is 0 Å². The number of fused-ring (bicyclic) bond motifs is 1. The summed E-state index contributed by atoms with van der Waals surface area (Å²) in [5.74, 6) is -0.117. The smallest absolute Gasteiger partial charge is 0.253 e. The van der Waals surface area contributed by atoms with E-state index in [0.717, 1.165) is 25.2 Å². The average molecular weight is 311 g/mol. The first-order valence-corrected chi connectivity index (χ1v) is 7.82. The molecule has 1 aromatic heterocycles. The van der Waals surface area contributed by atoms with Crippen molar-refractivity contribution < 1.29 is 9.53 Å². The van der Waals surface area contributed by atoms with E-state index in [0.29, 0.717) is 18.7 Å². The maximum absolute atomic E-state index is 12.1. The Kier molecular flexibility index (Phi) is 4.88. The van der Waals surface area contributed by atoms with Gasteiger partial charge in [-0.1, -0.05) is 24.3 Å². The molecule has 2 aromatic rings. The number of benzene rings is 1. The number of hydrogen-bond donors (Lipinski definition) is 1. The highest BCUT2D eigenvalue weighted by molar-refractivity contribution is 5.94. The minimum absolute atomic E-state index is 0.117. The lowest BCUT2D eigenvalue weighted by Crippen LogP contribution is -2.31. The van der Waals surface area contributed by atoms with Crippen LogP contribution in [0.1, 0.15) is 21.5 Å². The van der Waals surface area contributed by atoms with Crippen LogP contribution < -0.4 is 10.2 Å². The summed E-state index contributed by atoms with van der Waals surface area (Å²) in [6.07, 6.45) is 4.43. The van der Waals surface area contributed by atoms with E-state index in [2.05, 4.69) is 39.5 Å². The SMILES string of the molecule is COCCNC(=O)c1cncc(N2CCc3ccccc3C2)c1. The maximum Gasteiger partial charge on any atom is 0.253 e. The Morgan fingerprint density at radius 1 is 1.30 bits per heavy atom. The van der Waals surface area contributed by atoms with E-state index in [-0.39, 0.29) is 5.91 Å². The minimum atomic E-state index is -0.117. The number of carbonyl (C=O) groups is 1. The van der Waals surface area contributed by atoms with Crippen LogP contribution in [0, 0.1) is 0 Å². The number of nitrogens with zero attached hydrogens (tertiary/aromatic N) is 2. The first-order valence-electron chi connectivity index (χ1n) is 7.82. The van der Waals surface area contributed by atoms with E-state index in [4.69, 9.17) is 4.74 Å². The molecule has 0 saturated carbocycles. The highest BCUT2D eigenvalue weighted by atomic mass is 16.5. The number of ether oxygens (including phenoxy) is 1. The van der Waals surface area contributed by atoms with Gasteiger partial charge < -0.3 is 15.0 Å². The zero-order chi connectivity index (χ0) is 16.1. The molecule has 1 aliphatic heterocycles. The van der Waals surface area contributed by atoms with Gasteiger partial charge in [-0.15, -0.1) is 0 Å². The highest BCUT2D eigenvalue weighted by Gasteiger charge is 2.17. The van der Waals surface area contributed by atoms with Gasteiger partial charge in [-0.3, -0.25) is 9.78 Å². The number of anilines is 1. The largest absolute Gasteiger partial charge is 0.383 e. The van der Waals surface area contributed by atoms with Crippen molar-refractivity contribution >= 4 is 11.6 Å². The molecule has 0 spiro atoms. The molecule has 0 aliphatic carbocycles. The normalized spacial score (nSPS) is 13.5. The van der Waals surface area contributed by atoms with Gasteiger partial charge in [-0.05, 0) is 23.6 Å². The van der Waals surface area contributed by atoms with Crippen molar-refractivity contribution in [3.05, 3.63) is 59.4 Å². The molecule has 0 bridgehead atoms. The number of amides is 1. The Bertz CT molecular complexity index is 687. The first-order chi connectivity index (χ1) is 11.3. The monoisotopic (exact) mass is 311 g/mol. The van der Waals surface area contributed by atoms with Gasteiger partial charge in [-0.25, -0.2) is 0 Å². The molecular formula is C18H21N3O2. The Balaban J connectivity index is 1.72. The molecule has 23 heavy (non-hydrogen) atoms. The second-order valence-electron chi connectivity index (χ2n) is 5.62. The molecule has 0 saturated heterocycles. The number of pyridine rings is 1. The lowest BCUT2D eigenvalue weighted by atomic mass is 9.99. The summed E-state index contributed by atoms with van der Waals surface area (Å²) in [5.41, 5.74) is 4.32. The van der Waals surface area contributed by atoms with Crippen LogP contribution in [-0.4, -0.2) is 37.7 Å². The number of hydrogen-bond acceptors (Lipinski definition) is 4. The minimum Gasteiger partial charge on any atom is -0.383 e. The van der Waals surface area contributed by atoms with E-state index < -0.39 is 0 Å². The Hall–Kier alpha value is -2.40. The van der Waals surface area contributed by atoms with Crippen molar-refractivity contribution in [2.45, 2.75) is 13.0 Å². The summed E-state index contributed by atoms with van der Waals surface area (Å²) in [5, 5.41) is 2.82. The molecule has 0 radical (unpaired) electrons. The van der Waals surface area contributed by atoms with Crippen molar-refractivity contribution in [3.63, 3.8) is 0 Å². The zero-order valence-electron chi connectivity index (χ0n) is 13.3. The van der Waals surface area contributed by atoms with E-state index in [1.165, 1.54) is 11.1 Å². The van der Waals surface area contributed by atoms with Gasteiger partial charge in [0.05, 0.1) is 24.1 Å². The fraction of sp³-hybridized carbons (Fsp3) is 0.333. The van der Waals surface area contributed by atoms with Crippen LogP contribution in [0.3, 0.4) is 0 Å². The summed E-state index contributed by atoms with van der Waals surface area (Å²) < 4.78 is 4.94. The summed E-state index contributed by atoms with van der Waals surface area (Å²) in [6, 6.07) is 10.4. The molecule has 0 unspecified atom stereocenters. The van der Waals surface area contributed by atoms with Crippen LogP contribution in [0.15, 0.2) is 42.7 Å². The predicted octanol–water partition coefficient (Wildman–Crippen LogP) is 2.02. The third-order valence-electron chi connectivity index (χ3n) is 4.07. The average Bonchev–Trinajstić information content (AvgIpc) is 2.61. The fourth-order valence-corrected chi connectivity index (χ4v) is 2.81. The topological polar surface area (TPSA) is 54.5 Å². The van der Waals surface area contributed by atoms with Crippen LogP contribution >= 0.6 is 0 Å². The van der Waals surface area contributed by atoms with Crippen molar-refractivity contribution in [1.29, 1.82) is 0 Å². The van der Waals surface area contributed by atoms with E-state index in [1.807, 2.05) is 12.3 Å². The zero-order valence-corrected chi connectivity index (χ0v) is 13.3. The second kappa shape index (κ2) is 7.24. The van der Waals surface area contributed by atoms with Crippen molar-refractivity contribution in [2.24, 2.45) is 0 Å². The van der Waals surface area contributed by atoms with Gasteiger partial charge in [-0.2, -0.15) is 0 Å². The number of nitrogens with one attached hydrogen (secondary N) is 1. The van der Waals surface area contributed by atoms with Gasteiger partial charge in [0, 0.05) is 32.9 Å². The molecule has 0 atom stereocenters. The molecule has 2 heterocycles. The molecule has 1 aliphatic rings. The predicted molar refractivity (Wildman–Crippen MR) is 89.6 cm³/mol. The third-order valence-corrected chi connectivity index (χ3v) is 4.07. The van der Waals surface area contributed by atoms with Crippen LogP contribution in [0.4, 0.5) is 5.69 Å². The lowest BCUT2D eigenvalue weighted by Gasteiger charge is -2.30. The second-order valence-corrected chi connectivity index (χ2v) is 5.62. The summed E-state index contributed by atoms with van der Waals surface area (Å²) >= 11 is 0. The van der Waals surface area contributed by atoms with E-state index in [1.54, 1.807) is 13.3 Å². The van der Waals surface area contributed by atoms with Crippen molar-refractivity contribution in [1.82, 2.24) is 10.3 Å². The van der Waals surface area contributed by atoms with E-state index in [9.17, 15) is 4.79 Å². The molecule has 1 aromatic carbocycles. The molecule has 5 heteroatoms. The lowest BCUT2D eigenvalue weighted by molar-refractivity contribution is 0.0937. The van der Waals surface area contributed by atoms with Gasteiger partial charge >= 0.3 is 0 Å². The highest BCUT2D eigenvalue weighted by Crippen LogP contribution is 2.24. The van der Waals surface area contributed by atoms with Crippen LogP contribution in [0.2, 0.25) is 0 Å². The maximum atomic E-state index is 12.1. The summed E-state index contributed by atoms with van der Waals surface area (Å²) in [6.45, 7) is 2.79. The van der Waals surface area contributed by atoms with Gasteiger partial charge in [0.1, 0.15) is 0 Å². The Morgan fingerprint density at radius 3 is 2.96 bits per heavy atom. The summed E-state index contributed by atoms with van der Waals surface area (Å²) in [7, 11) is 1.61. The van der Waals surface area contributed by atoms with Crippen LogP contribution in [-0.2, 0) is 17.7 Å². The summed E-state index contributed by atoms with van der Waals surface area (Å²) in [4.78, 5) is 18.6. The molecule has 120 valence electrons. The van der Waals surface area contributed by atoms with Crippen LogP contribution in [0.25, 0.3) is 0 Å². The first kappa shape index (κ1) is 15.5. The van der Waals surface area contributed by atoms with Crippen molar-refractivity contribution in [3.8, 4) is 0 Å².